The number of rotatable bonds is 6. The predicted octanol–water partition coefficient (Wildman–Crippen LogP) is 2.14. The zero-order chi connectivity index (χ0) is 16.3. The van der Waals surface area contributed by atoms with Gasteiger partial charge in [-0.15, -0.1) is 0 Å². The summed E-state index contributed by atoms with van der Waals surface area (Å²) in [5.41, 5.74) is -1.04. The number of esters is 1. The maximum atomic E-state index is 13.5. The maximum Gasteiger partial charge on any atom is 0.326 e. The first-order chi connectivity index (χ1) is 9.66. The van der Waals surface area contributed by atoms with Crippen LogP contribution < -0.4 is 4.72 Å². The molecular weight excluding hydrogens is 297 g/mol. The van der Waals surface area contributed by atoms with E-state index in [-0.39, 0.29) is 11.3 Å². The molecule has 0 spiro atoms. The lowest BCUT2D eigenvalue weighted by Crippen LogP contribution is -2.52. The number of carbonyl (C=O) groups is 1. The van der Waals surface area contributed by atoms with Crippen LogP contribution in [-0.2, 0) is 19.6 Å². The van der Waals surface area contributed by atoms with Gasteiger partial charge in [-0.2, -0.15) is 4.72 Å². The monoisotopic (exact) mass is 317 g/mol. The SMILES string of the molecule is CCCC(C)(NS(=O)(=O)c1ccc(C)c(F)c1)C(=O)OC. The second kappa shape index (κ2) is 6.53. The van der Waals surface area contributed by atoms with Crippen LogP contribution in [-0.4, -0.2) is 27.0 Å². The summed E-state index contributed by atoms with van der Waals surface area (Å²) >= 11 is 0. The molecule has 1 aromatic rings. The number of hydrogen-bond donors (Lipinski definition) is 1. The van der Waals surface area contributed by atoms with Gasteiger partial charge >= 0.3 is 5.97 Å². The van der Waals surface area contributed by atoms with E-state index >= 15 is 0 Å². The molecule has 0 saturated carbocycles. The molecule has 0 saturated heterocycles. The molecule has 0 amide bonds. The molecule has 0 aliphatic carbocycles. The molecule has 21 heavy (non-hydrogen) atoms. The van der Waals surface area contributed by atoms with E-state index in [1.165, 1.54) is 33.1 Å². The van der Waals surface area contributed by atoms with Crippen LogP contribution in [0.25, 0.3) is 0 Å². The Morgan fingerprint density at radius 3 is 2.52 bits per heavy atom. The van der Waals surface area contributed by atoms with Crippen molar-refractivity contribution in [3.8, 4) is 0 Å². The normalized spacial score (nSPS) is 14.5. The van der Waals surface area contributed by atoms with Crippen LogP contribution in [0.2, 0.25) is 0 Å². The summed E-state index contributed by atoms with van der Waals surface area (Å²) in [4.78, 5) is 11.6. The van der Waals surface area contributed by atoms with Crippen molar-refractivity contribution < 1.29 is 22.3 Å². The van der Waals surface area contributed by atoms with Gasteiger partial charge in [0.05, 0.1) is 12.0 Å². The Morgan fingerprint density at radius 1 is 1.43 bits per heavy atom. The van der Waals surface area contributed by atoms with E-state index in [9.17, 15) is 17.6 Å². The minimum atomic E-state index is -4.03. The number of nitrogens with one attached hydrogen (secondary N) is 1. The van der Waals surface area contributed by atoms with Crippen LogP contribution >= 0.6 is 0 Å². The number of aryl methyl sites for hydroxylation is 1. The fraction of sp³-hybridized carbons (Fsp3) is 0.500. The molecule has 1 N–H and O–H groups in total. The van der Waals surface area contributed by atoms with Crippen molar-refractivity contribution in [3.05, 3.63) is 29.6 Å². The van der Waals surface area contributed by atoms with Gasteiger partial charge in [-0.3, -0.25) is 4.79 Å². The van der Waals surface area contributed by atoms with Crippen LogP contribution in [0.5, 0.6) is 0 Å². The molecule has 0 aliphatic rings. The van der Waals surface area contributed by atoms with Gasteiger partial charge in [0, 0.05) is 0 Å². The molecule has 0 aliphatic heterocycles. The predicted molar refractivity (Wildman–Crippen MR) is 76.8 cm³/mol. The van der Waals surface area contributed by atoms with Gasteiger partial charge in [-0.05, 0) is 38.0 Å². The van der Waals surface area contributed by atoms with E-state index in [0.29, 0.717) is 12.0 Å². The summed E-state index contributed by atoms with van der Waals surface area (Å²) in [6, 6.07) is 3.60. The Labute approximate surface area is 124 Å². The summed E-state index contributed by atoms with van der Waals surface area (Å²) in [6.45, 7) is 4.81. The number of hydrogen-bond acceptors (Lipinski definition) is 4. The molecule has 7 heteroatoms. The van der Waals surface area contributed by atoms with Gasteiger partial charge in [0.2, 0.25) is 10.0 Å². The molecule has 5 nitrogen and oxygen atoms in total. The lowest BCUT2D eigenvalue weighted by Gasteiger charge is -2.27. The second-order valence-corrected chi connectivity index (χ2v) is 6.77. The van der Waals surface area contributed by atoms with Crippen molar-refractivity contribution in [2.75, 3.05) is 7.11 Å². The van der Waals surface area contributed by atoms with Crippen LogP contribution in [0.15, 0.2) is 23.1 Å². The Bertz CT molecular complexity index is 630. The van der Waals surface area contributed by atoms with Gasteiger partial charge in [-0.25, -0.2) is 12.8 Å². The fourth-order valence-corrected chi connectivity index (χ4v) is 3.42. The molecule has 1 rings (SSSR count). The molecular formula is C14H20FNO4S. The third-order valence-corrected chi connectivity index (χ3v) is 4.79. The Hall–Kier alpha value is -1.47. The van der Waals surface area contributed by atoms with E-state index in [0.717, 1.165) is 6.07 Å². The fourth-order valence-electron chi connectivity index (χ4n) is 2.02. The van der Waals surface area contributed by atoms with Gasteiger partial charge in [0.25, 0.3) is 0 Å². The van der Waals surface area contributed by atoms with E-state index in [4.69, 9.17) is 0 Å². The third kappa shape index (κ3) is 4.01. The zero-order valence-corrected chi connectivity index (χ0v) is 13.4. The van der Waals surface area contributed by atoms with Crippen molar-refractivity contribution in [1.82, 2.24) is 4.72 Å². The minimum absolute atomic E-state index is 0.225. The Morgan fingerprint density at radius 2 is 2.05 bits per heavy atom. The maximum absolute atomic E-state index is 13.5. The molecule has 0 radical (unpaired) electrons. The number of halogens is 1. The Kier molecular flexibility index (Phi) is 5.47. The van der Waals surface area contributed by atoms with Gasteiger partial charge < -0.3 is 4.74 Å². The molecule has 1 atom stereocenters. The summed E-state index contributed by atoms with van der Waals surface area (Å²) in [6.07, 6.45) is 0.851. The summed E-state index contributed by atoms with van der Waals surface area (Å²) in [7, 11) is -2.83. The van der Waals surface area contributed by atoms with Crippen molar-refractivity contribution >= 4 is 16.0 Å². The molecule has 0 aromatic heterocycles. The van der Waals surface area contributed by atoms with E-state index in [2.05, 4.69) is 9.46 Å². The number of benzene rings is 1. The quantitative estimate of drug-likeness (QED) is 0.816. The molecule has 0 heterocycles. The second-order valence-electron chi connectivity index (χ2n) is 5.09. The minimum Gasteiger partial charge on any atom is -0.468 e. The lowest BCUT2D eigenvalue weighted by molar-refractivity contribution is -0.147. The smallest absolute Gasteiger partial charge is 0.326 e. The molecule has 0 bridgehead atoms. The molecule has 1 aromatic carbocycles. The van der Waals surface area contributed by atoms with Crippen molar-refractivity contribution in [2.24, 2.45) is 0 Å². The number of methoxy groups -OCH3 is 1. The number of sulfonamides is 1. The summed E-state index contributed by atoms with van der Waals surface area (Å²) in [5, 5.41) is 0. The van der Waals surface area contributed by atoms with Gasteiger partial charge in [-0.1, -0.05) is 19.4 Å². The van der Waals surface area contributed by atoms with Crippen molar-refractivity contribution in [3.63, 3.8) is 0 Å². The Balaban J connectivity index is 3.17. The van der Waals surface area contributed by atoms with Gasteiger partial charge in [0.15, 0.2) is 0 Å². The highest BCUT2D eigenvalue weighted by Gasteiger charge is 2.38. The number of ether oxygens (including phenoxy) is 1. The van der Waals surface area contributed by atoms with Crippen LogP contribution in [0.4, 0.5) is 4.39 Å². The average molecular weight is 317 g/mol. The van der Waals surface area contributed by atoms with Crippen molar-refractivity contribution in [2.45, 2.75) is 44.0 Å². The largest absolute Gasteiger partial charge is 0.468 e. The highest BCUT2D eigenvalue weighted by molar-refractivity contribution is 7.89. The summed E-state index contributed by atoms with van der Waals surface area (Å²) < 4.78 is 45.1. The van der Waals surface area contributed by atoms with Crippen LogP contribution in [0.1, 0.15) is 32.3 Å². The number of carbonyl (C=O) groups excluding carboxylic acids is 1. The van der Waals surface area contributed by atoms with Crippen molar-refractivity contribution in [1.29, 1.82) is 0 Å². The summed E-state index contributed by atoms with van der Waals surface area (Å²) in [5.74, 6) is -1.30. The average Bonchev–Trinajstić information content (AvgIpc) is 2.40. The topological polar surface area (TPSA) is 72.5 Å². The van der Waals surface area contributed by atoms with Crippen LogP contribution in [0.3, 0.4) is 0 Å². The molecule has 0 fully saturated rings. The van der Waals surface area contributed by atoms with E-state index in [1.54, 1.807) is 0 Å². The first-order valence-corrected chi connectivity index (χ1v) is 8.03. The first-order valence-electron chi connectivity index (χ1n) is 6.55. The highest BCUT2D eigenvalue weighted by Crippen LogP contribution is 2.20. The lowest BCUT2D eigenvalue weighted by atomic mass is 9.98. The van der Waals surface area contributed by atoms with Crippen LogP contribution in [0, 0.1) is 12.7 Å². The van der Waals surface area contributed by atoms with Gasteiger partial charge in [0.1, 0.15) is 11.4 Å². The molecule has 118 valence electrons. The molecule has 1 unspecified atom stereocenters. The standard InChI is InChI=1S/C14H20FNO4S/c1-5-8-14(3,13(17)20-4)16-21(18,19)11-7-6-10(2)12(15)9-11/h6-7,9,16H,5,8H2,1-4H3. The zero-order valence-electron chi connectivity index (χ0n) is 12.6. The van der Waals surface area contributed by atoms with E-state index < -0.39 is 27.3 Å². The first kappa shape index (κ1) is 17.6. The highest BCUT2D eigenvalue weighted by atomic mass is 32.2. The third-order valence-electron chi connectivity index (χ3n) is 3.20. The van der Waals surface area contributed by atoms with E-state index in [1.807, 2.05) is 6.92 Å².